The van der Waals surface area contributed by atoms with Crippen molar-refractivity contribution in [1.29, 1.82) is 5.26 Å². The molecule has 0 amide bonds. The lowest BCUT2D eigenvalue weighted by molar-refractivity contribution is -0.139. The Morgan fingerprint density at radius 3 is 2.87 bits per heavy atom. The number of nitrogens with two attached hydrogens (primary N) is 1. The first-order valence-electron chi connectivity index (χ1n) is 8.86. The van der Waals surface area contributed by atoms with Crippen molar-refractivity contribution in [3.8, 4) is 6.07 Å². The van der Waals surface area contributed by atoms with E-state index in [-0.39, 0.29) is 51.4 Å². The number of carbonyl (C=O) groups excluding carboxylic acids is 1. The average molecular weight is 428 g/mol. The van der Waals surface area contributed by atoms with Gasteiger partial charge in [-0.3, -0.25) is 4.79 Å². The minimum absolute atomic E-state index is 0.0292. The van der Waals surface area contributed by atoms with Crippen LogP contribution in [0.2, 0.25) is 0 Å². The zero-order chi connectivity index (χ0) is 21.7. The largest absolute Gasteiger partial charge is 0.463 e. The summed E-state index contributed by atoms with van der Waals surface area (Å²) in [5.41, 5.74) is 5.56. The van der Waals surface area contributed by atoms with Crippen molar-refractivity contribution in [2.75, 3.05) is 12.4 Å². The highest BCUT2D eigenvalue weighted by Gasteiger charge is 2.38. The van der Waals surface area contributed by atoms with Crippen molar-refractivity contribution in [3.63, 3.8) is 0 Å². The summed E-state index contributed by atoms with van der Waals surface area (Å²) in [5.74, 6) is -2.56. The van der Waals surface area contributed by atoms with Crippen LogP contribution in [0.1, 0.15) is 18.4 Å². The molecule has 2 heterocycles. The predicted octanol–water partition coefficient (Wildman–Crippen LogP) is 2.33. The molecular weight excluding hydrogens is 411 g/mol. The molecule has 30 heavy (non-hydrogen) atoms. The third-order valence-electron chi connectivity index (χ3n) is 4.20. The fourth-order valence-electron chi connectivity index (χ4n) is 2.94. The highest BCUT2D eigenvalue weighted by atomic mass is 32.2. The summed E-state index contributed by atoms with van der Waals surface area (Å²) in [7, 11) is 0. The van der Waals surface area contributed by atoms with Gasteiger partial charge in [-0.25, -0.2) is 14.2 Å². The number of ether oxygens (including phenoxy) is 2. The molecule has 0 saturated carbocycles. The van der Waals surface area contributed by atoms with Gasteiger partial charge in [0.05, 0.1) is 23.9 Å². The highest BCUT2D eigenvalue weighted by Crippen LogP contribution is 2.41. The number of benzene rings is 1. The number of aromatic nitrogens is 2. The number of nitrogens with zero attached hydrogens (tertiary/aromatic N) is 2. The van der Waals surface area contributed by atoms with Gasteiger partial charge in [-0.15, -0.1) is 0 Å². The van der Waals surface area contributed by atoms with Crippen LogP contribution in [0.25, 0.3) is 0 Å². The van der Waals surface area contributed by atoms with Crippen LogP contribution in [-0.2, 0) is 14.3 Å². The minimum atomic E-state index is -1.10. The van der Waals surface area contributed by atoms with Crippen LogP contribution in [0, 0.1) is 17.1 Å². The lowest BCUT2D eigenvalue weighted by Gasteiger charge is -2.28. The zero-order valence-corrected chi connectivity index (χ0v) is 16.7. The molecule has 0 bridgehead atoms. The van der Waals surface area contributed by atoms with Gasteiger partial charge in [0, 0.05) is 17.8 Å². The number of halogens is 1. The van der Waals surface area contributed by atoms with Crippen molar-refractivity contribution in [2.24, 2.45) is 5.73 Å². The fourth-order valence-corrected chi connectivity index (χ4v) is 3.73. The molecule has 0 aliphatic carbocycles. The fraction of sp³-hybridized carbons (Fsp3) is 0.200. The van der Waals surface area contributed by atoms with Crippen molar-refractivity contribution in [1.82, 2.24) is 9.97 Å². The Balaban J connectivity index is 2.10. The van der Waals surface area contributed by atoms with Crippen LogP contribution >= 0.6 is 11.8 Å². The molecule has 0 radical (unpaired) electrons. The van der Waals surface area contributed by atoms with Crippen LogP contribution in [-0.4, -0.2) is 28.3 Å². The maximum absolute atomic E-state index is 14.6. The van der Waals surface area contributed by atoms with Crippen LogP contribution in [0.5, 0.6) is 0 Å². The number of aromatic amines is 1. The minimum Gasteiger partial charge on any atom is -0.463 e. The normalized spacial score (nSPS) is 16.1. The maximum atomic E-state index is 14.6. The Labute approximate surface area is 175 Å². The van der Waals surface area contributed by atoms with Crippen LogP contribution in [0.4, 0.5) is 4.39 Å². The van der Waals surface area contributed by atoms with Gasteiger partial charge in [0.25, 0.3) is 5.56 Å². The van der Waals surface area contributed by atoms with E-state index < -0.39 is 17.7 Å². The molecule has 0 unspecified atom stereocenters. The summed E-state index contributed by atoms with van der Waals surface area (Å²) in [6, 6.07) is 8.96. The third kappa shape index (κ3) is 4.36. The second kappa shape index (κ2) is 9.28. The van der Waals surface area contributed by atoms with Crippen molar-refractivity contribution in [3.05, 3.63) is 81.1 Å². The van der Waals surface area contributed by atoms with E-state index in [0.717, 1.165) is 11.8 Å². The van der Waals surface area contributed by atoms with Gasteiger partial charge in [-0.05, 0) is 13.0 Å². The second-order valence-electron chi connectivity index (χ2n) is 6.03. The molecule has 2 aromatic rings. The van der Waals surface area contributed by atoms with Gasteiger partial charge in [-0.1, -0.05) is 30.0 Å². The molecule has 8 nitrogen and oxygen atoms in total. The molecule has 0 fully saturated rings. The van der Waals surface area contributed by atoms with Crippen LogP contribution in [0.3, 0.4) is 0 Å². The summed E-state index contributed by atoms with van der Waals surface area (Å²) in [6.07, 6.45) is 1.34. The summed E-state index contributed by atoms with van der Waals surface area (Å²) in [6.45, 7) is 1.70. The number of H-pyrrole nitrogens is 1. The number of allylic oxidation sites excluding steroid dienone is 1. The van der Waals surface area contributed by atoms with Gasteiger partial charge in [0.15, 0.2) is 5.16 Å². The number of esters is 1. The first kappa shape index (κ1) is 21.1. The number of hydrogen-bond donors (Lipinski definition) is 2. The standard InChI is InChI=1S/C20H17FN4O4S/c1-2-28-19(27)17-14(10-30-20-24-8-7-15(26)25-20)29-18(23)12(9-22)16(17)11-5-3-4-6-13(11)21/h3-8,16H,2,10,23H2,1H3,(H,24,25,26)/t16-/m0/s1. The number of thioether (sulfide) groups is 1. The van der Waals surface area contributed by atoms with E-state index in [0.29, 0.717) is 0 Å². The van der Waals surface area contributed by atoms with E-state index in [1.54, 1.807) is 13.0 Å². The molecule has 10 heteroatoms. The second-order valence-corrected chi connectivity index (χ2v) is 7.00. The Morgan fingerprint density at radius 1 is 1.43 bits per heavy atom. The van der Waals surface area contributed by atoms with E-state index in [2.05, 4.69) is 9.97 Å². The van der Waals surface area contributed by atoms with E-state index in [1.807, 2.05) is 6.07 Å². The van der Waals surface area contributed by atoms with Gasteiger partial charge in [0.1, 0.15) is 23.2 Å². The molecule has 154 valence electrons. The first-order valence-corrected chi connectivity index (χ1v) is 9.85. The number of carbonyl (C=O) groups is 1. The Kier molecular flexibility index (Phi) is 6.54. The van der Waals surface area contributed by atoms with Gasteiger partial charge in [-0.2, -0.15) is 5.26 Å². The first-order chi connectivity index (χ1) is 14.5. The Bertz CT molecular complexity index is 1140. The summed E-state index contributed by atoms with van der Waals surface area (Å²) < 4.78 is 25.3. The molecule has 1 aromatic heterocycles. The average Bonchev–Trinajstić information content (AvgIpc) is 2.72. The lowest BCUT2D eigenvalue weighted by Crippen LogP contribution is -2.27. The van der Waals surface area contributed by atoms with Gasteiger partial charge < -0.3 is 20.2 Å². The Morgan fingerprint density at radius 2 is 2.20 bits per heavy atom. The number of rotatable bonds is 6. The van der Waals surface area contributed by atoms with E-state index >= 15 is 0 Å². The monoisotopic (exact) mass is 428 g/mol. The van der Waals surface area contributed by atoms with Gasteiger partial charge >= 0.3 is 5.97 Å². The van der Waals surface area contributed by atoms with Crippen molar-refractivity contribution in [2.45, 2.75) is 18.0 Å². The molecule has 1 aliphatic heterocycles. The van der Waals surface area contributed by atoms with Crippen molar-refractivity contribution < 1.29 is 18.7 Å². The topological polar surface area (TPSA) is 131 Å². The smallest absolute Gasteiger partial charge is 0.338 e. The Hall–Kier alpha value is -3.58. The zero-order valence-electron chi connectivity index (χ0n) is 15.8. The van der Waals surface area contributed by atoms with Crippen molar-refractivity contribution >= 4 is 17.7 Å². The maximum Gasteiger partial charge on any atom is 0.338 e. The highest BCUT2D eigenvalue weighted by molar-refractivity contribution is 7.99. The molecule has 0 saturated heterocycles. The molecule has 1 atom stereocenters. The third-order valence-corrected chi connectivity index (χ3v) is 5.08. The van der Waals surface area contributed by atoms with E-state index in [4.69, 9.17) is 15.2 Å². The summed E-state index contributed by atoms with van der Waals surface area (Å²) in [5, 5.41) is 9.91. The lowest BCUT2D eigenvalue weighted by atomic mass is 9.83. The van der Waals surface area contributed by atoms with E-state index in [1.165, 1.54) is 30.5 Å². The molecule has 3 rings (SSSR count). The quantitative estimate of drug-likeness (QED) is 0.407. The SMILES string of the molecule is CCOC(=O)C1=C(CSc2nccc(=O)[nH]2)OC(N)=C(C#N)[C@@H]1c1ccccc1F. The molecule has 3 N–H and O–H groups in total. The number of nitrogens with one attached hydrogen (secondary N) is 1. The molecule has 0 spiro atoms. The molecule has 1 aromatic carbocycles. The predicted molar refractivity (Wildman–Crippen MR) is 106 cm³/mol. The summed E-state index contributed by atoms with van der Waals surface area (Å²) >= 11 is 1.08. The number of hydrogen-bond acceptors (Lipinski definition) is 8. The number of nitriles is 1. The van der Waals surface area contributed by atoms with E-state index in [9.17, 15) is 19.2 Å². The molecular formula is C20H17FN4O4S. The van der Waals surface area contributed by atoms with Gasteiger partial charge in [0.2, 0.25) is 5.88 Å². The van der Waals surface area contributed by atoms with Crippen LogP contribution < -0.4 is 11.3 Å². The summed E-state index contributed by atoms with van der Waals surface area (Å²) in [4.78, 5) is 30.8. The molecule has 1 aliphatic rings. The van der Waals surface area contributed by atoms with Crippen LogP contribution in [0.15, 0.2) is 69.3 Å².